The predicted molar refractivity (Wildman–Crippen MR) is 83.8 cm³/mol. The van der Waals surface area contributed by atoms with Crippen LogP contribution in [-0.2, 0) is 17.7 Å². The van der Waals surface area contributed by atoms with Gasteiger partial charge in [0.05, 0.1) is 12.2 Å². The fourth-order valence-corrected chi connectivity index (χ4v) is 2.86. The molecule has 1 aromatic rings. The first-order valence-electron chi connectivity index (χ1n) is 8.00. The van der Waals surface area contributed by atoms with Gasteiger partial charge in [-0.15, -0.1) is 0 Å². The number of amides is 1. The van der Waals surface area contributed by atoms with Gasteiger partial charge in [-0.05, 0) is 33.6 Å². The minimum absolute atomic E-state index is 0.262. The number of fused-ring (bicyclic) bond motifs is 1. The summed E-state index contributed by atoms with van der Waals surface area (Å²) in [4.78, 5) is 25.3. The molecule has 0 bridgehead atoms. The highest BCUT2D eigenvalue weighted by Crippen LogP contribution is 2.22. The van der Waals surface area contributed by atoms with Gasteiger partial charge >= 0.3 is 6.09 Å². The van der Waals surface area contributed by atoms with E-state index in [0.717, 1.165) is 36.7 Å². The average molecular weight is 304 g/mol. The lowest BCUT2D eigenvalue weighted by atomic mass is 10.1. The molecule has 2 aliphatic heterocycles. The Balaban J connectivity index is 1.70. The highest BCUT2D eigenvalue weighted by molar-refractivity contribution is 5.68. The Hall–Kier alpha value is -1.85. The second-order valence-electron chi connectivity index (χ2n) is 6.99. The normalized spacial score (nSPS) is 18.3. The first-order chi connectivity index (χ1) is 10.4. The molecule has 6 heteroatoms. The van der Waals surface area contributed by atoms with Crippen molar-refractivity contribution in [3.05, 3.63) is 17.5 Å². The molecule has 0 atom stereocenters. The Bertz CT molecular complexity index is 562. The van der Waals surface area contributed by atoms with E-state index in [2.05, 4.69) is 9.88 Å². The Morgan fingerprint density at radius 1 is 1.23 bits per heavy atom. The third-order valence-electron chi connectivity index (χ3n) is 3.96. The van der Waals surface area contributed by atoms with E-state index in [4.69, 9.17) is 9.72 Å². The summed E-state index contributed by atoms with van der Waals surface area (Å²) in [5, 5.41) is 0. The number of hydrogen-bond donors (Lipinski definition) is 0. The molecule has 1 fully saturated rings. The van der Waals surface area contributed by atoms with Crippen molar-refractivity contribution in [2.75, 3.05) is 24.5 Å². The first kappa shape index (κ1) is 15.1. The number of aromatic nitrogens is 2. The number of rotatable bonds is 1. The Morgan fingerprint density at radius 2 is 1.95 bits per heavy atom. The maximum atomic E-state index is 12.2. The lowest BCUT2D eigenvalue weighted by molar-refractivity contribution is 0.0222. The van der Waals surface area contributed by atoms with Crippen LogP contribution < -0.4 is 4.90 Å². The standard InChI is InChI=1S/C16H24N4O2/c1-16(2,3)22-15(21)20-9-6-13-12(11-20)10-17-14(18-13)19-7-4-5-8-19/h10H,4-9,11H2,1-3H3. The maximum absolute atomic E-state index is 12.2. The number of carbonyl (C=O) groups excluding carboxylic acids is 1. The van der Waals surface area contributed by atoms with Crippen molar-refractivity contribution in [1.82, 2.24) is 14.9 Å². The van der Waals surface area contributed by atoms with Gasteiger partial charge in [-0.25, -0.2) is 14.8 Å². The molecule has 0 saturated carbocycles. The van der Waals surface area contributed by atoms with Crippen LogP contribution in [0, 0.1) is 0 Å². The number of hydrogen-bond acceptors (Lipinski definition) is 5. The van der Waals surface area contributed by atoms with Gasteiger partial charge in [0.15, 0.2) is 0 Å². The van der Waals surface area contributed by atoms with Crippen LogP contribution in [0.4, 0.5) is 10.7 Å². The predicted octanol–water partition coefficient (Wildman–Crippen LogP) is 2.37. The van der Waals surface area contributed by atoms with Gasteiger partial charge in [0.25, 0.3) is 0 Å². The minimum atomic E-state index is -0.465. The van der Waals surface area contributed by atoms with E-state index in [9.17, 15) is 4.79 Å². The summed E-state index contributed by atoms with van der Waals surface area (Å²) in [5.41, 5.74) is 1.63. The van der Waals surface area contributed by atoms with Crippen LogP contribution in [-0.4, -0.2) is 46.2 Å². The van der Waals surface area contributed by atoms with Crippen LogP contribution in [0.25, 0.3) is 0 Å². The van der Waals surface area contributed by atoms with Crippen molar-refractivity contribution < 1.29 is 9.53 Å². The number of carbonyl (C=O) groups is 1. The SMILES string of the molecule is CC(C)(C)OC(=O)N1CCc2nc(N3CCCC3)ncc2C1. The molecule has 0 unspecified atom stereocenters. The molecule has 3 rings (SSSR count). The minimum Gasteiger partial charge on any atom is -0.444 e. The van der Waals surface area contributed by atoms with Gasteiger partial charge in [-0.1, -0.05) is 0 Å². The molecule has 0 spiro atoms. The summed E-state index contributed by atoms with van der Waals surface area (Å²) in [6, 6.07) is 0. The molecule has 1 aromatic heterocycles. The molecule has 1 amide bonds. The van der Waals surface area contributed by atoms with Crippen LogP contribution in [0.1, 0.15) is 44.9 Å². The van der Waals surface area contributed by atoms with Gasteiger partial charge in [-0.2, -0.15) is 0 Å². The van der Waals surface area contributed by atoms with E-state index in [1.165, 1.54) is 12.8 Å². The van der Waals surface area contributed by atoms with Crippen molar-refractivity contribution in [3.63, 3.8) is 0 Å². The third kappa shape index (κ3) is 3.31. The van der Waals surface area contributed by atoms with Crippen LogP contribution in [0.5, 0.6) is 0 Å². The maximum Gasteiger partial charge on any atom is 0.410 e. The quantitative estimate of drug-likeness (QED) is 0.797. The van der Waals surface area contributed by atoms with Crippen molar-refractivity contribution >= 4 is 12.0 Å². The van der Waals surface area contributed by atoms with Crippen molar-refractivity contribution in [1.29, 1.82) is 0 Å². The fraction of sp³-hybridized carbons (Fsp3) is 0.688. The van der Waals surface area contributed by atoms with Gasteiger partial charge in [0.2, 0.25) is 5.95 Å². The second-order valence-corrected chi connectivity index (χ2v) is 6.99. The van der Waals surface area contributed by atoms with E-state index >= 15 is 0 Å². The molecule has 22 heavy (non-hydrogen) atoms. The summed E-state index contributed by atoms with van der Waals surface area (Å²) in [6.07, 6.45) is 4.80. The van der Waals surface area contributed by atoms with Crippen LogP contribution in [0.2, 0.25) is 0 Å². The van der Waals surface area contributed by atoms with Crippen molar-refractivity contribution in [2.24, 2.45) is 0 Å². The van der Waals surface area contributed by atoms with E-state index < -0.39 is 5.60 Å². The molecule has 0 N–H and O–H groups in total. The van der Waals surface area contributed by atoms with Crippen LogP contribution in [0.3, 0.4) is 0 Å². The lowest BCUT2D eigenvalue weighted by Crippen LogP contribution is -2.40. The molecule has 3 heterocycles. The molecule has 120 valence electrons. The van der Waals surface area contributed by atoms with E-state index in [1.807, 2.05) is 27.0 Å². The molecule has 0 radical (unpaired) electrons. The highest BCUT2D eigenvalue weighted by atomic mass is 16.6. The first-order valence-corrected chi connectivity index (χ1v) is 8.00. The Morgan fingerprint density at radius 3 is 2.64 bits per heavy atom. The number of anilines is 1. The Kier molecular flexibility index (Phi) is 3.93. The topological polar surface area (TPSA) is 58.6 Å². The smallest absolute Gasteiger partial charge is 0.410 e. The van der Waals surface area contributed by atoms with E-state index in [0.29, 0.717) is 13.1 Å². The molecule has 6 nitrogen and oxygen atoms in total. The molecular formula is C16H24N4O2. The molecular weight excluding hydrogens is 280 g/mol. The second kappa shape index (κ2) is 5.74. The van der Waals surface area contributed by atoms with E-state index in [1.54, 1.807) is 4.90 Å². The van der Waals surface area contributed by atoms with Gasteiger partial charge in [0, 0.05) is 37.8 Å². The number of nitrogens with zero attached hydrogens (tertiary/aromatic N) is 4. The van der Waals surface area contributed by atoms with Crippen molar-refractivity contribution in [2.45, 2.75) is 52.2 Å². The summed E-state index contributed by atoms with van der Waals surface area (Å²) in [7, 11) is 0. The van der Waals surface area contributed by atoms with Gasteiger partial charge in [0.1, 0.15) is 5.60 Å². The Labute approximate surface area is 131 Å². The molecule has 1 saturated heterocycles. The zero-order valence-corrected chi connectivity index (χ0v) is 13.6. The zero-order chi connectivity index (χ0) is 15.7. The highest BCUT2D eigenvalue weighted by Gasteiger charge is 2.27. The average Bonchev–Trinajstić information content (AvgIpc) is 2.98. The number of ether oxygens (including phenoxy) is 1. The molecule has 0 aromatic carbocycles. The molecule has 0 aliphatic carbocycles. The fourth-order valence-electron chi connectivity index (χ4n) is 2.86. The summed E-state index contributed by atoms with van der Waals surface area (Å²) >= 11 is 0. The summed E-state index contributed by atoms with van der Waals surface area (Å²) < 4.78 is 5.44. The van der Waals surface area contributed by atoms with Crippen molar-refractivity contribution in [3.8, 4) is 0 Å². The molecule has 2 aliphatic rings. The van der Waals surface area contributed by atoms with Gasteiger partial charge in [-0.3, -0.25) is 0 Å². The monoisotopic (exact) mass is 304 g/mol. The summed E-state index contributed by atoms with van der Waals surface area (Å²) in [5.74, 6) is 0.835. The van der Waals surface area contributed by atoms with E-state index in [-0.39, 0.29) is 6.09 Å². The zero-order valence-electron chi connectivity index (χ0n) is 13.6. The van der Waals surface area contributed by atoms with Crippen LogP contribution in [0.15, 0.2) is 6.20 Å². The van der Waals surface area contributed by atoms with Crippen LogP contribution >= 0.6 is 0 Å². The lowest BCUT2D eigenvalue weighted by Gasteiger charge is -2.31. The summed E-state index contributed by atoms with van der Waals surface area (Å²) in [6.45, 7) is 8.92. The largest absolute Gasteiger partial charge is 0.444 e. The van der Waals surface area contributed by atoms with Gasteiger partial charge < -0.3 is 14.5 Å². The third-order valence-corrected chi connectivity index (χ3v) is 3.96.